The van der Waals surface area contributed by atoms with Crippen LogP contribution in [0.15, 0.2) is 18.5 Å². The SMILES string of the molecule is CC.CC.Fc1ncccn1. The molecule has 1 heterocycles. The molecule has 0 saturated carbocycles. The highest BCUT2D eigenvalue weighted by atomic mass is 19.1. The van der Waals surface area contributed by atoms with Crippen molar-refractivity contribution in [3.8, 4) is 0 Å². The number of rotatable bonds is 0. The Morgan fingerprint density at radius 3 is 1.55 bits per heavy atom. The van der Waals surface area contributed by atoms with Gasteiger partial charge in [-0.3, -0.25) is 0 Å². The van der Waals surface area contributed by atoms with Gasteiger partial charge in [-0.1, -0.05) is 27.7 Å². The molecule has 0 aromatic carbocycles. The third-order valence-electron chi connectivity index (χ3n) is 0.534. The monoisotopic (exact) mass is 158 g/mol. The van der Waals surface area contributed by atoms with Gasteiger partial charge in [-0.2, -0.15) is 4.39 Å². The van der Waals surface area contributed by atoms with Crippen LogP contribution in [-0.4, -0.2) is 9.97 Å². The first-order valence-electron chi connectivity index (χ1n) is 3.82. The average Bonchev–Trinajstić information content (AvgIpc) is 2.13. The molecule has 0 N–H and O–H groups in total. The van der Waals surface area contributed by atoms with Gasteiger partial charge >= 0.3 is 6.08 Å². The molecule has 0 aliphatic heterocycles. The van der Waals surface area contributed by atoms with Crippen LogP contribution in [0.25, 0.3) is 0 Å². The van der Waals surface area contributed by atoms with E-state index in [0.29, 0.717) is 0 Å². The third kappa shape index (κ3) is 9.01. The molecule has 0 amide bonds. The van der Waals surface area contributed by atoms with Crippen molar-refractivity contribution < 1.29 is 4.39 Å². The summed E-state index contributed by atoms with van der Waals surface area (Å²) >= 11 is 0. The second kappa shape index (κ2) is 11.8. The predicted molar refractivity (Wildman–Crippen MR) is 44.7 cm³/mol. The van der Waals surface area contributed by atoms with Gasteiger partial charge < -0.3 is 0 Å². The van der Waals surface area contributed by atoms with Crippen molar-refractivity contribution in [1.29, 1.82) is 0 Å². The second-order valence-electron chi connectivity index (χ2n) is 1.02. The van der Waals surface area contributed by atoms with E-state index >= 15 is 0 Å². The summed E-state index contributed by atoms with van der Waals surface area (Å²) in [6.07, 6.45) is 2.02. The van der Waals surface area contributed by atoms with Gasteiger partial charge in [0, 0.05) is 12.4 Å². The molecular formula is C8H15FN2. The van der Waals surface area contributed by atoms with E-state index in [0.717, 1.165) is 0 Å². The van der Waals surface area contributed by atoms with Crippen LogP contribution in [0.3, 0.4) is 0 Å². The summed E-state index contributed by atoms with van der Waals surface area (Å²) in [5.41, 5.74) is 0. The predicted octanol–water partition coefficient (Wildman–Crippen LogP) is 2.67. The third-order valence-corrected chi connectivity index (χ3v) is 0.534. The van der Waals surface area contributed by atoms with Crippen molar-refractivity contribution in [2.75, 3.05) is 0 Å². The highest BCUT2D eigenvalue weighted by Gasteiger charge is 1.80. The molecular weight excluding hydrogens is 143 g/mol. The summed E-state index contributed by atoms with van der Waals surface area (Å²) in [6, 6.07) is 1.56. The molecule has 11 heavy (non-hydrogen) atoms. The van der Waals surface area contributed by atoms with E-state index in [-0.39, 0.29) is 0 Å². The Bertz CT molecular complexity index is 142. The first kappa shape index (κ1) is 12.7. The Labute approximate surface area is 67.5 Å². The molecule has 1 aromatic heterocycles. The van der Waals surface area contributed by atoms with Gasteiger partial charge in [-0.05, 0) is 6.07 Å². The number of halogens is 1. The zero-order valence-corrected chi connectivity index (χ0v) is 7.50. The molecule has 2 nitrogen and oxygen atoms in total. The molecule has 64 valence electrons. The molecule has 0 aliphatic rings. The molecule has 0 atom stereocenters. The van der Waals surface area contributed by atoms with Crippen LogP contribution in [0.1, 0.15) is 27.7 Å². The summed E-state index contributed by atoms with van der Waals surface area (Å²) in [6.45, 7) is 8.00. The van der Waals surface area contributed by atoms with Crippen LogP contribution in [0.5, 0.6) is 0 Å². The lowest BCUT2D eigenvalue weighted by Gasteiger charge is -1.77. The summed E-state index contributed by atoms with van der Waals surface area (Å²) in [7, 11) is 0. The zero-order valence-electron chi connectivity index (χ0n) is 7.50. The molecule has 0 unspecified atom stereocenters. The van der Waals surface area contributed by atoms with Crippen molar-refractivity contribution in [1.82, 2.24) is 9.97 Å². The van der Waals surface area contributed by atoms with E-state index in [2.05, 4.69) is 9.97 Å². The molecule has 1 rings (SSSR count). The molecule has 0 bridgehead atoms. The Hall–Kier alpha value is -0.990. The van der Waals surface area contributed by atoms with E-state index in [9.17, 15) is 4.39 Å². The van der Waals surface area contributed by atoms with Gasteiger partial charge in [0.15, 0.2) is 0 Å². The normalized spacial score (nSPS) is 6.64. The molecule has 3 heteroatoms. The molecule has 0 aliphatic carbocycles. The van der Waals surface area contributed by atoms with Gasteiger partial charge in [0.25, 0.3) is 0 Å². The zero-order chi connectivity index (χ0) is 9.11. The average molecular weight is 158 g/mol. The first-order chi connectivity index (χ1) is 5.39. The van der Waals surface area contributed by atoms with Gasteiger partial charge in [0.05, 0.1) is 0 Å². The number of hydrogen-bond donors (Lipinski definition) is 0. The number of nitrogens with zero attached hydrogens (tertiary/aromatic N) is 2. The summed E-state index contributed by atoms with van der Waals surface area (Å²) in [5.74, 6) is 0. The van der Waals surface area contributed by atoms with Crippen LogP contribution in [0.4, 0.5) is 4.39 Å². The lowest BCUT2D eigenvalue weighted by molar-refractivity contribution is 0.538. The highest BCUT2D eigenvalue weighted by Crippen LogP contribution is 1.79. The van der Waals surface area contributed by atoms with Crippen molar-refractivity contribution in [3.63, 3.8) is 0 Å². The van der Waals surface area contributed by atoms with Crippen LogP contribution in [0, 0.1) is 6.08 Å². The van der Waals surface area contributed by atoms with E-state index in [1.165, 1.54) is 12.4 Å². The van der Waals surface area contributed by atoms with Crippen LogP contribution in [-0.2, 0) is 0 Å². The van der Waals surface area contributed by atoms with Gasteiger partial charge in [0.1, 0.15) is 0 Å². The number of hydrogen-bond acceptors (Lipinski definition) is 2. The van der Waals surface area contributed by atoms with E-state index < -0.39 is 6.08 Å². The Kier molecular flexibility index (Phi) is 13.5. The minimum atomic E-state index is -0.678. The molecule has 0 radical (unpaired) electrons. The summed E-state index contributed by atoms with van der Waals surface area (Å²) in [5, 5.41) is 0. The molecule has 0 fully saturated rings. The van der Waals surface area contributed by atoms with Gasteiger partial charge in [-0.25, -0.2) is 9.97 Å². The Morgan fingerprint density at radius 2 is 1.36 bits per heavy atom. The minimum absolute atomic E-state index is 0.678. The summed E-state index contributed by atoms with van der Waals surface area (Å²) in [4.78, 5) is 6.40. The quantitative estimate of drug-likeness (QED) is 0.542. The van der Waals surface area contributed by atoms with Crippen LogP contribution >= 0.6 is 0 Å². The standard InChI is InChI=1S/C4H3FN2.2C2H6/c5-4-6-2-1-3-7-4;2*1-2/h1-3H;2*1-2H3. The maximum absolute atomic E-state index is 11.7. The fraction of sp³-hybridized carbons (Fsp3) is 0.500. The van der Waals surface area contributed by atoms with Crippen molar-refractivity contribution in [2.24, 2.45) is 0 Å². The van der Waals surface area contributed by atoms with Crippen molar-refractivity contribution in [3.05, 3.63) is 24.5 Å². The van der Waals surface area contributed by atoms with Crippen molar-refractivity contribution in [2.45, 2.75) is 27.7 Å². The van der Waals surface area contributed by atoms with Crippen molar-refractivity contribution >= 4 is 0 Å². The lowest BCUT2D eigenvalue weighted by Crippen LogP contribution is -1.81. The largest absolute Gasteiger partial charge is 0.308 e. The lowest BCUT2D eigenvalue weighted by atomic mass is 10.7. The smallest absolute Gasteiger partial charge is 0.211 e. The molecule has 0 spiro atoms. The molecule has 1 aromatic rings. The van der Waals surface area contributed by atoms with E-state index in [4.69, 9.17) is 0 Å². The Balaban J connectivity index is 0. The maximum Gasteiger partial charge on any atom is 0.308 e. The minimum Gasteiger partial charge on any atom is -0.211 e. The van der Waals surface area contributed by atoms with Crippen LogP contribution < -0.4 is 0 Å². The topological polar surface area (TPSA) is 25.8 Å². The second-order valence-corrected chi connectivity index (χ2v) is 1.02. The Morgan fingerprint density at radius 1 is 1.00 bits per heavy atom. The number of aromatic nitrogens is 2. The maximum atomic E-state index is 11.7. The molecule has 0 saturated heterocycles. The van der Waals surface area contributed by atoms with Gasteiger partial charge in [-0.15, -0.1) is 0 Å². The first-order valence-corrected chi connectivity index (χ1v) is 3.82. The fourth-order valence-corrected chi connectivity index (χ4v) is 0.281. The van der Waals surface area contributed by atoms with E-state index in [1.807, 2.05) is 27.7 Å². The van der Waals surface area contributed by atoms with Crippen LogP contribution in [0.2, 0.25) is 0 Å². The summed E-state index contributed by atoms with van der Waals surface area (Å²) < 4.78 is 11.7. The fourth-order valence-electron chi connectivity index (χ4n) is 0.281. The van der Waals surface area contributed by atoms with Gasteiger partial charge in [0.2, 0.25) is 0 Å². The van der Waals surface area contributed by atoms with E-state index in [1.54, 1.807) is 6.07 Å². The highest BCUT2D eigenvalue weighted by molar-refractivity contribution is 4.76.